The van der Waals surface area contributed by atoms with Gasteiger partial charge in [0.1, 0.15) is 11.9 Å². The number of hydrogen-bond donors (Lipinski definition) is 1. The maximum absolute atomic E-state index is 13.8. The summed E-state index contributed by atoms with van der Waals surface area (Å²) in [6, 6.07) is 3.41. The van der Waals surface area contributed by atoms with Crippen LogP contribution in [0.1, 0.15) is 40.6 Å². The zero-order valence-corrected chi connectivity index (χ0v) is 15.8. The van der Waals surface area contributed by atoms with E-state index >= 15 is 0 Å². The molecule has 8 heteroatoms. The molecule has 1 aliphatic carbocycles. The van der Waals surface area contributed by atoms with Crippen molar-refractivity contribution in [3.8, 4) is 0 Å². The summed E-state index contributed by atoms with van der Waals surface area (Å²) in [4.78, 5) is 32.3. The fourth-order valence-electron chi connectivity index (χ4n) is 3.76. The van der Waals surface area contributed by atoms with Crippen LogP contribution in [0.15, 0.2) is 18.2 Å². The van der Waals surface area contributed by atoms with E-state index in [1.165, 1.54) is 40.4 Å². The Bertz CT molecular complexity index is 875. The molecule has 1 aromatic carbocycles. The first kappa shape index (κ1) is 17.9. The number of amides is 2. The van der Waals surface area contributed by atoms with Crippen molar-refractivity contribution in [2.24, 2.45) is 0 Å². The molecular formula is C19H20FN3O3S. The zero-order chi connectivity index (χ0) is 19.0. The minimum Gasteiger partial charge on any atom is -0.453 e. The highest BCUT2D eigenvalue weighted by atomic mass is 32.1. The first-order valence-electron chi connectivity index (χ1n) is 8.99. The summed E-state index contributed by atoms with van der Waals surface area (Å²) in [6.45, 7) is 0.331. The summed E-state index contributed by atoms with van der Waals surface area (Å²) < 4.78 is 18.7. The maximum atomic E-state index is 13.8. The van der Waals surface area contributed by atoms with E-state index in [1.807, 2.05) is 0 Å². The molecule has 4 rings (SSSR count). The molecule has 2 heterocycles. The fraction of sp³-hybridized carbons (Fsp3) is 0.421. The Balaban J connectivity index is 1.65. The lowest BCUT2D eigenvalue weighted by Gasteiger charge is -2.35. The van der Waals surface area contributed by atoms with E-state index in [4.69, 9.17) is 4.74 Å². The smallest absolute Gasteiger partial charge is 0.410 e. The summed E-state index contributed by atoms with van der Waals surface area (Å²) in [5.41, 5.74) is 2.39. The lowest BCUT2D eigenvalue weighted by atomic mass is 9.92. The Labute approximate surface area is 160 Å². The van der Waals surface area contributed by atoms with E-state index in [0.29, 0.717) is 23.7 Å². The van der Waals surface area contributed by atoms with E-state index < -0.39 is 23.9 Å². The van der Waals surface area contributed by atoms with Crippen LogP contribution >= 0.6 is 11.3 Å². The number of methoxy groups -OCH3 is 1. The summed E-state index contributed by atoms with van der Waals surface area (Å²) in [6.07, 6.45) is 4.08. The van der Waals surface area contributed by atoms with Crippen molar-refractivity contribution in [2.45, 2.75) is 38.1 Å². The summed E-state index contributed by atoms with van der Waals surface area (Å²) in [5.74, 6) is -0.846. The number of nitrogens with one attached hydrogen (secondary N) is 1. The van der Waals surface area contributed by atoms with Crippen LogP contribution in [0.3, 0.4) is 0 Å². The minimum atomic E-state index is -0.946. The third kappa shape index (κ3) is 3.41. The van der Waals surface area contributed by atoms with Crippen molar-refractivity contribution in [3.63, 3.8) is 0 Å². The number of hydrogen-bond acceptors (Lipinski definition) is 5. The number of aryl methyl sites for hydroxylation is 2. The van der Waals surface area contributed by atoms with Crippen molar-refractivity contribution < 1.29 is 18.7 Å². The number of carbonyl (C=O) groups excluding carboxylic acids is 2. The van der Waals surface area contributed by atoms with Gasteiger partial charge in [0.05, 0.1) is 12.8 Å². The van der Waals surface area contributed by atoms with Crippen LogP contribution in [-0.2, 0) is 28.8 Å². The average Bonchev–Trinajstić information content (AvgIpc) is 3.08. The molecule has 1 aliphatic heterocycles. The molecule has 0 radical (unpaired) electrons. The summed E-state index contributed by atoms with van der Waals surface area (Å²) in [5, 5.41) is 3.36. The molecule has 2 aliphatic rings. The van der Waals surface area contributed by atoms with Crippen molar-refractivity contribution >= 4 is 28.5 Å². The highest BCUT2D eigenvalue weighted by molar-refractivity contribution is 7.15. The molecule has 2 aromatic rings. The number of aromatic nitrogens is 1. The third-order valence-electron chi connectivity index (χ3n) is 5.07. The van der Waals surface area contributed by atoms with E-state index in [0.717, 1.165) is 36.9 Å². The second-order valence-electron chi connectivity index (χ2n) is 6.74. The fourth-order valence-corrected chi connectivity index (χ4v) is 4.81. The second-order valence-corrected chi connectivity index (χ2v) is 7.83. The first-order chi connectivity index (χ1) is 13.1. The molecule has 0 spiro atoms. The molecule has 0 saturated heterocycles. The van der Waals surface area contributed by atoms with Crippen LogP contribution in [0, 0.1) is 5.82 Å². The number of carbonyl (C=O) groups is 2. The monoisotopic (exact) mass is 389 g/mol. The first-order valence-corrected chi connectivity index (χ1v) is 9.81. The van der Waals surface area contributed by atoms with Gasteiger partial charge in [0, 0.05) is 11.4 Å². The Kier molecular flexibility index (Phi) is 4.82. The Hall–Kier alpha value is -2.48. The topological polar surface area (TPSA) is 71.5 Å². The average molecular weight is 389 g/mol. The highest BCUT2D eigenvalue weighted by Gasteiger charge is 2.37. The lowest BCUT2D eigenvalue weighted by molar-refractivity contribution is -0.121. The zero-order valence-electron chi connectivity index (χ0n) is 15.0. The quantitative estimate of drug-likeness (QED) is 0.854. The van der Waals surface area contributed by atoms with Crippen LogP contribution in [0.2, 0.25) is 0 Å². The number of ether oxygens (including phenoxy) is 1. The number of rotatable bonds is 2. The summed E-state index contributed by atoms with van der Waals surface area (Å²) >= 11 is 1.48. The number of benzene rings is 1. The number of halogens is 1. The van der Waals surface area contributed by atoms with Crippen LogP contribution in [0.5, 0.6) is 0 Å². The van der Waals surface area contributed by atoms with Crippen LogP contribution in [-0.4, -0.2) is 35.5 Å². The third-order valence-corrected chi connectivity index (χ3v) is 6.14. The van der Waals surface area contributed by atoms with Gasteiger partial charge in [-0.2, -0.15) is 0 Å². The Morgan fingerprint density at radius 1 is 1.30 bits per heavy atom. The van der Waals surface area contributed by atoms with Gasteiger partial charge in [0.25, 0.3) is 5.91 Å². The Morgan fingerprint density at radius 3 is 2.89 bits per heavy atom. The molecule has 6 nitrogen and oxygen atoms in total. The molecule has 1 N–H and O–H groups in total. The number of thiazole rings is 1. The van der Waals surface area contributed by atoms with Crippen molar-refractivity contribution in [2.75, 3.05) is 19.0 Å². The van der Waals surface area contributed by atoms with Gasteiger partial charge in [0.15, 0.2) is 5.13 Å². The molecule has 2 amide bonds. The maximum Gasteiger partial charge on any atom is 0.410 e. The normalized spacial score (nSPS) is 18.4. The molecule has 1 aromatic heterocycles. The SMILES string of the molecule is COC(=O)N1CCc2ccc(F)cc2[C@@H]1C(=O)Nc1nc2c(s1)CCCC2. The Morgan fingerprint density at radius 2 is 2.11 bits per heavy atom. The standard InChI is InChI=1S/C19H20FN3O3S/c1-26-19(25)23-9-8-11-6-7-12(20)10-13(11)16(23)17(24)22-18-21-14-4-2-3-5-15(14)27-18/h6-7,10,16H,2-5,8-9H2,1H3,(H,21,22,24)/t16-/m1/s1. The van der Waals surface area contributed by atoms with Crippen molar-refractivity contribution in [3.05, 3.63) is 45.7 Å². The lowest BCUT2D eigenvalue weighted by Crippen LogP contribution is -2.45. The molecule has 0 fully saturated rings. The van der Waals surface area contributed by atoms with E-state index in [-0.39, 0.29) is 0 Å². The minimum absolute atomic E-state index is 0.331. The van der Waals surface area contributed by atoms with Crippen molar-refractivity contribution in [1.29, 1.82) is 0 Å². The highest BCUT2D eigenvalue weighted by Crippen LogP contribution is 2.34. The van der Waals surface area contributed by atoms with Gasteiger partial charge in [0.2, 0.25) is 0 Å². The molecule has 27 heavy (non-hydrogen) atoms. The molecular weight excluding hydrogens is 369 g/mol. The van der Waals surface area contributed by atoms with E-state index in [9.17, 15) is 14.0 Å². The van der Waals surface area contributed by atoms with Crippen LogP contribution in [0.25, 0.3) is 0 Å². The number of fused-ring (bicyclic) bond motifs is 2. The number of nitrogens with zero attached hydrogens (tertiary/aromatic N) is 2. The van der Waals surface area contributed by atoms with Gasteiger partial charge in [-0.05, 0) is 55.4 Å². The molecule has 0 bridgehead atoms. The van der Waals surface area contributed by atoms with E-state index in [1.54, 1.807) is 6.07 Å². The predicted octanol–water partition coefficient (Wildman–Crippen LogP) is 3.47. The summed E-state index contributed by atoms with van der Waals surface area (Å²) in [7, 11) is 1.27. The van der Waals surface area contributed by atoms with Crippen LogP contribution in [0.4, 0.5) is 14.3 Å². The van der Waals surface area contributed by atoms with Gasteiger partial charge in [-0.1, -0.05) is 6.07 Å². The largest absolute Gasteiger partial charge is 0.453 e. The van der Waals surface area contributed by atoms with Gasteiger partial charge in [-0.3, -0.25) is 15.0 Å². The van der Waals surface area contributed by atoms with E-state index in [2.05, 4.69) is 10.3 Å². The molecule has 1 atom stereocenters. The van der Waals surface area contributed by atoms with Gasteiger partial charge in [-0.15, -0.1) is 11.3 Å². The molecule has 0 unspecified atom stereocenters. The second kappa shape index (κ2) is 7.26. The van der Waals surface area contributed by atoms with Crippen LogP contribution < -0.4 is 5.32 Å². The molecule has 142 valence electrons. The van der Waals surface area contributed by atoms with Gasteiger partial charge >= 0.3 is 6.09 Å². The number of anilines is 1. The predicted molar refractivity (Wildman–Crippen MR) is 99.3 cm³/mol. The van der Waals surface area contributed by atoms with Gasteiger partial charge in [-0.25, -0.2) is 14.2 Å². The van der Waals surface area contributed by atoms with Gasteiger partial charge < -0.3 is 4.74 Å². The molecule has 0 saturated carbocycles. The van der Waals surface area contributed by atoms with Crippen molar-refractivity contribution in [1.82, 2.24) is 9.88 Å².